The smallest absolute Gasteiger partial charge is 0.398 e. The molecule has 3 rings (SSSR count). The molecule has 0 aromatic carbocycles. The summed E-state index contributed by atoms with van der Waals surface area (Å²) < 4.78 is 25.9. The second-order valence-corrected chi connectivity index (χ2v) is 7.98. The molecule has 4 heteroatoms. The number of allylic oxidation sites excluding steroid dienone is 1. The first-order valence-corrected chi connectivity index (χ1v) is 7.96. The Kier molecular flexibility index (Phi) is 3.34. The second kappa shape index (κ2) is 4.57. The van der Waals surface area contributed by atoms with E-state index in [9.17, 15) is 4.39 Å². The lowest BCUT2D eigenvalue weighted by atomic mass is 9.77. The van der Waals surface area contributed by atoms with E-state index in [0.29, 0.717) is 11.3 Å². The van der Waals surface area contributed by atoms with Gasteiger partial charge in [0, 0.05) is 0 Å². The largest absolute Gasteiger partial charge is 0.524 e. The topological polar surface area (TPSA) is 18.5 Å². The molecule has 1 saturated heterocycles. The van der Waals surface area contributed by atoms with Gasteiger partial charge in [0.25, 0.3) is 0 Å². The van der Waals surface area contributed by atoms with Crippen LogP contribution in [-0.4, -0.2) is 18.3 Å². The Morgan fingerprint density at radius 1 is 1.00 bits per heavy atom. The number of rotatable bonds is 2. The third kappa shape index (κ3) is 2.57. The Hall–Kier alpha value is -0.345. The summed E-state index contributed by atoms with van der Waals surface area (Å²) in [6, 6.07) is 0. The van der Waals surface area contributed by atoms with Crippen molar-refractivity contribution >= 4 is 7.12 Å². The summed E-state index contributed by atoms with van der Waals surface area (Å²) in [5.41, 5.74) is -0.507. The molecule has 0 aromatic rings. The quantitative estimate of drug-likeness (QED) is 0.696. The van der Waals surface area contributed by atoms with Gasteiger partial charge in [0.1, 0.15) is 5.73 Å². The molecule has 0 bridgehead atoms. The van der Waals surface area contributed by atoms with Crippen molar-refractivity contribution in [1.29, 1.82) is 0 Å². The molecule has 112 valence electrons. The fraction of sp³-hybridized carbons (Fsp3) is 0.875. The van der Waals surface area contributed by atoms with Crippen molar-refractivity contribution in [2.45, 2.75) is 77.4 Å². The molecule has 2 saturated carbocycles. The van der Waals surface area contributed by atoms with Crippen molar-refractivity contribution < 1.29 is 13.7 Å². The van der Waals surface area contributed by atoms with Gasteiger partial charge in [-0.2, -0.15) is 0 Å². The van der Waals surface area contributed by atoms with E-state index in [1.807, 2.05) is 27.7 Å². The van der Waals surface area contributed by atoms with Gasteiger partial charge >= 0.3 is 7.12 Å². The summed E-state index contributed by atoms with van der Waals surface area (Å²) in [6.07, 6.45) is 9.32. The maximum Gasteiger partial charge on any atom is 0.524 e. The van der Waals surface area contributed by atoms with Crippen molar-refractivity contribution in [3.63, 3.8) is 0 Å². The average molecular weight is 280 g/mol. The van der Waals surface area contributed by atoms with Crippen LogP contribution in [0, 0.1) is 11.3 Å². The first kappa shape index (κ1) is 14.6. The van der Waals surface area contributed by atoms with Crippen LogP contribution in [0.4, 0.5) is 4.39 Å². The van der Waals surface area contributed by atoms with E-state index in [2.05, 4.69) is 0 Å². The minimum atomic E-state index is -0.822. The Balaban J connectivity index is 1.61. The van der Waals surface area contributed by atoms with Crippen LogP contribution >= 0.6 is 0 Å². The molecular formula is C16H26BFO2. The summed E-state index contributed by atoms with van der Waals surface area (Å²) in [5.74, 6) is 0.361. The Bertz CT molecular complexity index is 400. The standard InChI is InChI=1S/C16H26BFO2/c1-14(2)15(3,4)20-17(19-14)13(18)11-12-5-7-16(8-6-12)9-10-16/h11-12H,5-10H2,1-4H3. The lowest BCUT2D eigenvalue weighted by Crippen LogP contribution is -2.41. The monoisotopic (exact) mass is 280 g/mol. The molecule has 1 spiro atoms. The van der Waals surface area contributed by atoms with E-state index in [-0.39, 0.29) is 5.73 Å². The van der Waals surface area contributed by atoms with Crippen LogP contribution in [0.3, 0.4) is 0 Å². The van der Waals surface area contributed by atoms with Crippen LogP contribution in [0.15, 0.2) is 11.8 Å². The molecule has 1 aliphatic heterocycles. The summed E-state index contributed by atoms with van der Waals surface area (Å²) in [7, 11) is -0.822. The van der Waals surface area contributed by atoms with Crippen LogP contribution in [0.1, 0.15) is 66.2 Å². The lowest BCUT2D eigenvalue weighted by molar-refractivity contribution is 0.00578. The van der Waals surface area contributed by atoms with Gasteiger partial charge in [0.2, 0.25) is 0 Å². The van der Waals surface area contributed by atoms with Gasteiger partial charge in [-0.1, -0.05) is 6.08 Å². The molecule has 2 aliphatic carbocycles. The maximum absolute atomic E-state index is 14.4. The molecule has 3 fully saturated rings. The summed E-state index contributed by atoms with van der Waals surface area (Å²) in [5, 5.41) is 0. The van der Waals surface area contributed by atoms with Crippen molar-refractivity contribution in [2.75, 3.05) is 0 Å². The molecule has 0 atom stereocenters. The van der Waals surface area contributed by atoms with Gasteiger partial charge in [-0.05, 0) is 77.6 Å². The maximum atomic E-state index is 14.4. The van der Waals surface area contributed by atoms with Gasteiger partial charge < -0.3 is 9.31 Å². The van der Waals surface area contributed by atoms with E-state index in [4.69, 9.17) is 9.31 Å². The van der Waals surface area contributed by atoms with E-state index < -0.39 is 18.3 Å². The fourth-order valence-electron chi connectivity index (χ4n) is 3.36. The van der Waals surface area contributed by atoms with Gasteiger partial charge in [0.05, 0.1) is 11.2 Å². The Labute approximate surface area is 122 Å². The van der Waals surface area contributed by atoms with E-state index in [1.165, 1.54) is 25.7 Å². The normalized spacial score (nSPS) is 31.9. The number of hydrogen-bond donors (Lipinski definition) is 0. The molecule has 0 N–H and O–H groups in total. The van der Waals surface area contributed by atoms with Gasteiger partial charge in [-0.3, -0.25) is 0 Å². The molecule has 3 aliphatic rings. The zero-order valence-corrected chi connectivity index (χ0v) is 13.2. The average Bonchev–Trinajstić information content (AvgIpc) is 3.05. The fourth-order valence-corrected chi connectivity index (χ4v) is 3.36. The third-order valence-corrected chi connectivity index (χ3v) is 5.92. The molecular weight excluding hydrogens is 254 g/mol. The zero-order chi connectivity index (χ0) is 14.6. The minimum absolute atomic E-state index is 0.236. The summed E-state index contributed by atoms with van der Waals surface area (Å²) in [6.45, 7) is 7.82. The zero-order valence-electron chi connectivity index (χ0n) is 13.2. The van der Waals surface area contributed by atoms with Crippen molar-refractivity contribution in [2.24, 2.45) is 11.3 Å². The van der Waals surface area contributed by atoms with Gasteiger partial charge in [-0.25, -0.2) is 4.39 Å². The highest BCUT2D eigenvalue weighted by molar-refractivity contribution is 6.53. The predicted octanol–water partition coefficient (Wildman–Crippen LogP) is 4.44. The molecule has 0 unspecified atom stereocenters. The first-order chi connectivity index (χ1) is 9.23. The molecule has 20 heavy (non-hydrogen) atoms. The molecule has 0 amide bonds. The molecule has 0 aromatic heterocycles. The highest BCUT2D eigenvalue weighted by atomic mass is 19.1. The van der Waals surface area contributed by atoms with Crippen LogP contribution in [0.25, 0.3) is 0 Å². The van der Waals surface area contributed by atoms with Crippen molar-refractivity contribution in [3.05, 3.63) is 11.8 Å². The predicted molar refractivity (Wildman–Crippen MR) is 78.9 cm³/mol. The minimum Gasteiger partial charge on any atom is -0.398 e. The van der Waals surface area contributed by atoms with Crippen LogP contribution in [0.2, 0.25) is 0 Å². The van der Waals surface area contributed by atoms with Crippen LogP contribution in [0.5, 0.6) is 0 Å². The Morgan fingerprint density at radius 2 is 1.50 bits per heavy atom. The Morgan fingerprint density at radius 3 is 1.95 bits per heavy atom. The van der Waals surface area contributed by atoms with Crippen molar-refractivity contribution in [1.82, 2.24) is 0 Å². The highest BCUT2D eigenvalue weighted by Gasteiger charge is 2.53. The van der Waals surface area contributed by atoms with Gasteiger partial charge in [0.15, 0.2) is 0 Å². The summed E-state index contributed by atoms with van der Waals surface area (Å²) in [4.78, 5) is 0. The molecule has 1 heterocycles. The highest BCUT2D eigenvalue weighted by Crippen LogP contribution is 2.57. The van der Waals surface area contributed by atoms with Crippen LogP contribution in [-0.2, 0) is 9.31 Å². The lowest BCUT2D eigenvalue weighted by Gasteiger charge is -2.32. The molecule has 0 radical (unpaired) electrons. The van der Waals surface area contributed by atoms with Crippen LogP contribution < -0.4 is 0 Å². The van der Waals surface area contributed by atoms with E-state index in [0.717, 1.165) is 12.8 Å². The first-order valence-electron chi connectivity index (χ1n) is 7.96. The van der Waals surface area contributed by atoms with Gasteiger partial charge in [-0.15, -0.1) is 0 Å². The van der Waals surface area contributed by atoms with E-state index in [1.54, 1.807) is 6.08 Å². The molecule has 2 nitrogen and oxygen atoms in total. The van der Waals surface area contributed by atoms with Crippen molar-refractivity contribution in [3.8, 4) is 0 Å². The van der Waals surface area contributed by atoms with E-state index >= 15 is 0 Å². The number of hydrogen-bond acceptors (Lipinski definition) is 2. The second-order valence-electron chi connectivity index (χ2n) is 7.98. The third-order valence-electron chi connectivity index (χ3n) is 5.92. The number of halogens is 1. The summed E-state index contributed by atoms with van der Waals surface area (Å²) >= 11 is 0. The SMILES string of the molecule is CC1(C)OB(C(F)=CC2CCC3(CC2)CC3)OC1(C)C.